The van der Waals surface area contributed by atoms with Crippen molar-refractivity contribution < 1.29 is 13.6 Å². The third kappa shape index (κ3) is 1.91. The monoisotopic (exact) mass is 210 g/mol. The molecule has 0 saturated heterocycles. The van der Waals surface area contributed by atoms with E-state index in [0.29, 0.717) is 12.0 Å². The van der Waals surface area contributed by atoms with Gasteiger partial charge in [0.25, 0.3) is 0 Å². The standard InChI is InChI=1S/C12H12F2O/c13-10-3-2-9(6-11(10)14)7-12(8-15)4-1-5-12/h2-3,6,8H,1,4-5,7H2. The van der Waals surface area contributed by atoms with Gasteiger partial charge in [0.15, 0.2) is 11.6 Å². The molecule has 80 valence electrons. The van der Waals surface area contributed by atoms with E-state index in [2.05, 4.69) is 0 Å². The Morgan fingerprint density at radius 2 is 2.00 bits per heavy atom. The lowest BCUT2D eigenvalue weighted by atomic mass is 9.66. The third-order valence-corrected chi connectivity index (χ3v) is 3.14. The van der Waals surface area contributed by atoms with Crippen LogP contribution in [-0.4, -0.2) is 6.29 Å². The number of hydrogen-bond donors (Lipinski definition) is 0. The Labute approximate surface area is 87.1 Å². The summed E-state index contributed by atoms with van der Waals surface area (Å²) in [6.45, 7) is 0. The third-order valence-electron chi connectivity index (χ3n) is 3.14. The summed E-state index contributed by atoms with van der Waals surface area (Å²) in [6.07, 6.45) is 4.23. The van der Waals surface area contributed by atoms with Crippen LogP contribution >= 0.6 is 0 Å². The van der Waals surface area contributed by atoms with Gasteiger partial charge in [-0.1, -0.05) is 12.5 Å². The molecule has 1 aliphatic rings. The van der Waals surface area contributed by atoms with Crippen LogP contribution in [0.15, 0.2) is 18.2 Å². The van der Waals surface area contributed by atoms with Gasteiger partial charge in [-0.25, -0.2) is 8.78 Å². The molecule has 0 unspecified atom stereocenters. The molecule has 0 heterocycles. The second kappa shape index (κ2) is 3.72. The summed E-state index contributed by atoms with van der Waals surface area (Å²) in [6, 6.07) is 3.84. The molecule has 1 aliphatic carbocycles. The molecule has 1 fully saturated rings. The molecule has 1 saturated carbocycles. The van der Waals surface area contributed by atoms with E-state index in [1.54, 1.807) is 6.07 Å². The smallest absolute Gasteiger partial charge is 0.159 e. The van der Waals surface area contributed by atoms with Crippen molar-refractivity contribution in [2.45, 2.75) is 25.7 Å². The summed E-state index contributed by atoms with van der Waals surface area (Å²) >= 11 is 0. The van der Waals surface area contributed by atoms with E-state index in [0.717, 1.165) is 31.6 Å². The minimum Gasteiger partial charge on any atom is -0.303 e. The van der Waals surface area contributed by atoms with E-state index in [9.17, 15) is 13.6 Å². The highest BCUT2D eigenvalue weighted by molar-refractivity contribution is 5.61. The van der Waals surface area contributed by atoms with E-state index >= 15 is 0 Å². The second-order valence-electron chi connectivity index (χ2n) is 4.26. The number of carbonyl (C=O) groups excluding carboxylic acids is 1. The average molecular weight is 210 g/mol. The number of carbonyl (C=O) groups is 1. The van der Waals surface area contributed by atoms with Gasteiger partial charge in [-0.3, -0.25) is 0 Å². The van der Waals surface area contributed by atoms with Crippen LogP contribution in [0.3, 0.4) is 0 Å². The summed E-state index contributed by atoms with van der Waals surface area (Å²) in [5.41, 5.74) is 0.380. The Hall–Kier alpha value is -1.25. The van der Waals surface area contributed by atoms with Crippen LogP contribution in [0.5, 0.6) is 0 Å². The van der Waals surface area contributed by atoms with Crippen molar-refractivity contribution in [2.75, 3.05) is 0 Å². The molecule has 0 aromatic heterocycles. The molecule has 0 N–H and O–H groups in total. The molecule has 15 heavy (non-hydrogen) atoms. The van der Waals surface area contributed by atoms with Crippen LogP contribution in [0, 0.1) is 17.0 Å². The predicted octanol–water partition coefficient (Wildman–Crippen LogP) is 2.88. The van der Waals surface area contributed by atoms with Crippen LogP contribution in [0.4, 0.5) is 8.78 Å². The molecule has 1 aromatic carbocycles. The fraction of sp³-hybridized carbons (Fsp3) is 0.417. The number of benzene rings is 1. The lowest BCUT2D eigenvalue weighted by Gasteiger charge is -2.36. The molecule has 0 spiro atoms. The van der Waals surface area contributed by atoms with Crippen molar-refractivity contribution in [1.82, 2.24) is 0 Å². The summed E-state index contributed by atoms with van der Waals surface area (Å²) < 4.78 is 25.6. The molecule has 0 aliphatic heterocycles. The maximum Gasteiger partial charge on any atom is 0.159 e. The number of hydrogen-bond acceptors (Lipinski definition) is 1. The minimum absolute atomic E-state index is 0.315. The van der Waals surface area contributed by atoms with Gasteiger partial charge in [-0.05, 0) is 37.0 Å². The van der Waals surface area contributed by atoms with Crippen LogP contribution in [-0.2, 0) is 11.2 Å². The van der Waals surface area contributed by atoms with Crippen molar-refractivity contribution in [3.05, 3.63) is 35.4 Å². The average Bonchev–Trinajstić information content (AvgIpc) is 2.17. The van der Waals surface area contributed by atoms with E-state index < -0.39 is 11.6 Å². The van der Waals surface area contributed by atoms with Gasteiger partial charge in [0.1, 0.15) is 6.29 Å². The van der Waals surface area contributed by atoms with E-state index in [1.807, 2.05) is 0 Å². The zero-order valence-electron chi connectivity index (χ0n) is 8.30. The van der Waals surface area contributed by atoms with Crippen molar-refractivity contribution >= 4 is 6.29 Å². The molecule has 0 radical (unpaired) electrons. The molecule has 3 heteroatoms. The maximum atomic E-state index is 12.9. The van der Waals surface area contributed by atoms with Gasteiger partial charge in [-0.2, -0.15) is 0 Å². The maximum absolute atomic E-state index is 12.9. The molecule has 0 bridgehead atoms. The Morgan fingerprint density at radius 1 is 1.27 bits per heavy atom. The van der Waals surface area contributed by atoms with Crippen molar-refractivity contribution in [1.29, 1.82) is 0 Å². The van der Waals surface area contributed by atoms with Crippen LogP contribution < -0.4 is 0 Å². The summed E-state index contributed by atoms with van der Waals surface area (Å²) in [5, 5.41) is 0. The largest absolute Gasteiger partial charge is 0.303 e. The molecule has 1 aromatic rings. The summed E-state index contributed by atoms with van der Waals surface area (Å²) in [7, 11) is 0. The highest BCUT2D eigenvalue weighted by atomic mass is 19.2. The van der Waals surface area contributed by atoms with E-state index in [4.69, 9.17) is 0 Å². The molecular formula is C12H12F2O. The van der Waals surface area contributed by atoms with Crippen LogP contribution in [0.2, 0.25) is 0 Å². The van der Waals surface area contributed by atoms with Gasteiger partial charge >= 0.3 is 0 Å². The Balaban J connectivity index is 2.17. The normalized spacial score (nSPS) is 18.3. The first-order valence-corrected chi connectivity index (χ1v) is 5.05. The Morgan fingerprint density at radius 3 is 2.47 bits per heavy atom. The topological polar surface area (TPSA) is 17.1 Å². The minimum atomic E-state index is -0.840. The zero-order valence-corrected chi connectivity index (χ0v) is 8.30. The first-order chi connectivity index (χ1) is 7.15. The van der Waals surface area contributed by atoms with Gasteiger partial charge in [0, 0.05) is 5.41 Å². The van der Waals surface area contributed by atoms with Gasteiger partial charge in [-0.15, -0.1) is 0 Å². The summed E-state index contributed by atoms with van der Waals surface area (Å²) in [5.74, 6) is -1.68. The number of aldehydes is 1. The second-order valence-corrected chi connectivity index (χ2v) is 4.26. The molecule has 0 amide bonds. The van der Waals surface area contributed by atoms with Crippen LogP contribution in [0.1, 0.15) is 24.8 Å². The SMILES string of the molecule is O=CC1(Cc2ccc(F)c(F)c2)CCC1. The van der Waals surface area contributed by atoms with Crippen molar-refractivity contribution in [3.8, 4) is 0 Å². The lowest BCUT2D eigenvalue weighted by molar-refractivity contribution is -0.120. The highest BCUT2D eigenvalue weighted by Gasteiger charge is 2.36. The van der Waals surface area contributed by atoms with Gasteiger partial charge in [0.05, 0.1) is 0 Å². The quantitative estimate of drug-likeness (QED) is 0.701. The Bertz CT molecular complexity index is 383. The fourth-order valence-corrected chi connectivity index (χ4v) is 2.02. The predicted molar refractivity (Wildman–Crippen MR) is 52.4 cm³/mol. The molecule has 0 atom stereocenters. The lowest BCUT2D eigenvalue weighted by Crippen LogP contribution is -2.33. The molecule has 2 rings (SSSR count). The van der Waals surface area contributed by atoms with E-state index in [-0.39, 0.29) is 5.41 Å². The molecular weight excluding hydrogens is 198 g/mol. The fourth-order valence-electron chi connectivity index (χ4n) is 2.02. The number of rotatable bonds is 3. The van der Waals surface area contributed by atoms with Gasteiger partial charge in [0.2, 0.25) is 0 Å². The van der Waals surface area contributed by atoms with Gasteiger partial charge < -0.3 is 4.79 Å². The highest BCUT2D eigenvalue weighted by Crippen LogP contribution is 2.41. The van der Waals surface area contributed by atoms with Crippen LogP contribution in [0.25, 0.3) is 0 Å². The van der Waals surface area contributed by atoms with Crippen molar-refractivity contribution in [3.63, 3.8) is 0 Å². The molecule has 1 nitrogen and oxygen atoms in total. The first-order valence-electron chi connectivity index (χ1n) is 5.05. The summed E-state index contributed by atoms with van der Waals surface area (Å²) in [4.78, 5) is 10.9. The van der Waals surface area contributed by atoms with Crippen molar-refractivity contribution in [2.24, 2.45) is 5.41 Å². The zero-order chi connectivity index (χ0) is 10.9. The Kier molecular flexibility index (Phi) is 2.55. The number of halogens is 2. The first kappa shape index (κ1) is 10.3. The van der Waals surface area contributed by atoms with E-state index in [1.165, 1.54) is 6.07 Å².